The van der Waals surface area contributed by atoms with Crippen molar-refractivity contribution < 1.29 is 0 Å². The van der Waals surface area contributed by atoms with Gasteiger partial charge in [0.1, 0.15) is 0 Å². The van der Waals surface area contributed by atoms with Gasteiger partial charge in [-0.25, -0.2) is 0 Å². The summed E-state index contributed by atoms with van der Waals surface area (Å²) in [5, 5.41) is 0. The molecule has 0 amide bonds. The van der Waals surface area contributed by atoms with Gasteiger partial charge in [0.2, 0.25) is 0 Å². The average Bonchev–Trinajstić information content (AvgIpc) is 1.95. The van der Waals surface area contributed by atoms with Crippen LogP contribution >= 0.6 is 40.5 Å². The summed E-state index contributed by atoms with van der Waals surface area (Å²) in [6.07, 6.45) is 1.27. The zero-order chi connectivity index (χ0) is 9.21. The third-order valence-electron chi connectivity index (χ3n) is 1.06. The van der Waals surface area contributed by atoms with Gasteiger partial charge in [-0.3, -0.25) is 0 Å². The van der Waals surface area contributed by atoms with Gasteiger partial charge in [-0.2, -0.15) is 40.5 Å². The molecule has 0 aliphatic heterocycles. The van der Waals surface area contributed by atoms with Crippen LogP contribution in [0.4, 0.5) is 0 Å². The van der Waals surface area contributed by atoms with Gasteiger partial charge in [0.05, 0.1) is 0 Å². The molecule has 0 radical (unpaired) electrons. The molecule has 0 fully saturated rings. The highest BCUT2D eigenvalue weighted by Gasteiger charge is 2.03. The first-order valence-corrected chi connectivity index (χ1v) is 4.56. The van der Waals surface area contributed by atoms with Crippen molar-refractivity contribution in [1.82, 2.24) is 0 Å². The van der Waals surface area contributed by atoms with Crippen LogP contribution in [-0.2, 0) is 0 Å². The summed E-state index contributed by atoms with van der Waals surface area (Å²) in [5.41, 5.74) is 0.542. The third kappa shape index (κ3) is 97.1. The van der Waals surface area contributed by atoms with Crippen molar-refractivity contribution in [3.8, 4) is 0 Å². The number of hydrogen-bond acceptors (Lipinski definition) is 0. The second-order valence-corrected chi connectivity index (χ2v) is 2.91. The Kier molecular flexibility index (Phi) is 83.1. The molecule has 3 heteroatoms. The van der Waals surface area contributed by atoms with Gasteiger partial charge >= 0.3 is 0 Å². The van der Waals surface area contributed by atoms with Gasteiger partial charge in [-0.1, -0.05) is 61.8 Å². The fourth-order valence-electron chi connectivity index (χ4n) is 0. The molecule has 0 rings (SSSR count). The van der Waals surface area contributed by atoms with Crippen molar-refractivity contribution in [1.29, 1.82) is 0 Å². The molecule has 0 saturated carbocycles. The Morgan fingerprint density at radius 3 is 0.769 bits per heavy atom. The Morgan fingerprint density at radius 2 is 0.769 bits per heavy atom. The van der Waals surface area contributed by atoms with Crippen molar-refractivity contribution in [3.05, 3.63) is 0 Å². The Labute approximate surface area is 108 Å². The highest BCUT2D eigenvalue weighted by Crippen LogP contribution is 2.16. The van der Waals surface area contributed by atoms with Crippen LogP contribution in [0, 0.1) is 5.41 Å². The van der Waals surface area contributed by atoms with E-state index < -0.39 is 0 Å². The van der Waals surface area contributed by atoms with Crippen LogP contribution < -0.4 is 0 Å². The Balaban J connectivity index is -0.0000000157. The lowest BCUT2D eigenvalue weighted by Crippen LogP contribution is -2.00. The SMILES string of the molecule is CC.CC.CCC(C)(C)C.S.S.S. The zero-order valence-electron chi connectivity index (χ0n) is 10.7. The summed E-state index contributed by atoms with van der Waals surface area (Å²) in [4.78, 5) is 0. The van der Waals surface area contributed by atoms with E-state index in [1.54, 1.807) is 0 Å². The second-order valence-electron chi connectivity index (χ2n) is 2.91. The highest BCUT2D eigenvalue weighted by molar-refractivity contribution is 7.59. The molecule has 0 spiro atoms. The molecule has 0 N–H and O–H groups in total. The maximum absolute atomic E-state index is 2.24. The van der Waals surface area contributed by atoms with Gasteiger partial charge in [-0.05, 0) is 5.41 Å². The van der Waals surface area contributed by atoms with E-state index in [1.807, 2.05) is 27.7 Å². The van der Waals surface area contributed by atoms with Crippen LogP contribution in [0.3, 0.4) is 0 Å². The first kappa shape index (κ1) is 36.9. The molecule has 0 aromatic carbocycles. The van der Waals surface area contributed by atoms with Crippen molar-refractivity contribution in [2.75, 3.05) is 0 Å². The summed E-state index contributed by atoms with van der Waals surface area (Å²) >= 11 is 0. The third-order valence-corrected chi connectivity index (χ3v) is 1.06. The van der Waals surface area contributed by atoms with Gasteiger partial charge < -0.3 is 0 Å². The van der Waals surface area contributed by atoms with E-state index in [2.05, 4.69) is 27.7 Å². The van der Waals surface area contributed by atoms with Crippen molar-refractivity contribution in [2.24, 2.45) is 5.41 Å². The summed E-state index contributed by atoms with van der Waals surface area (Å²) < 4.78 is 0. The molecule has 0 heterocycles. The van der Waals surface area contributed by atoms with E-state index in [4.69, 9.17) is 0 Å². The van der Waals surface area contributed by atoms with E-state index in [1.165, 1.54) is 6.42 Å². The lowest BCUT2D eigenvalue weighted by molar-refractivity contribution is 0.398. The summed E-state index contributed by atoms with van der Waals surface area (Å²) in [6, 6.07) is 0. The minimum absolute atomic E-state index is 0. The van der Waals surface area contributed by atoms with Gasteiger partial charge in [0, 0.05) is 0 Å². The van der Waals surface area contributed by atoms with Gasteiger partial charge in [-0.15, -0.1) is 0 Å². The molecule has 0 aromatic rings. The van der Waals surface area contributed by atoms with Crippen LogP contribution in [0.15, 0.2) is 0 Å². The standard InChI is InChI=1S/C6H14.2C2H6.3H2S/c1-5-6(2,3)4;2*1-2;;;/h5H2,1-4H3;2*1-2H3;3*1H2. The first-order valence-electron chi connectivity index (χ1n) is 4.56. The van der Waals surface area contributed by atoms with Crippen molar-refractivity contribution >= 4 is 40.5 Å². The quantitative estimate of drug-likeness (QED) is 0.576. The Hall–Kier alpha value is 1.05. The fraction of sp³-hybridized carbons (Fsp3) is 1.00. The van der Waals surface area contributed by atoms with E-state index >= 15 is 0 Å². The summed E-state index contributed by atoms with van der Waals surface area (Å²) in [6.45, 7) is 16.9. The first-order chi connectivity index (χ1) is 4.56. The minimum atomic E-state index is 0. The molecule has 90 valence electrons. The topological polar surface area (TPSA) is 0 Å². The van der Waals surface area contributed by atoms with E-state index in [0.29, 0.717) is 5.41 Å². The maximum Gasteiger partial charge on any atom is -0.0385 e. The largest absolute Gasteiger partial charge is 0.197 e. The van der Waals surface area contributed by atoms with E-state index in [0.717, 1.165) is 0 Å². The molecule has 0 nitrogen and oxygen atoms in total. The van der Waals surface area contributed by atoms with Crippen LogP contribution in [0.2, 0.25) is 0 Å². The second kappa shape index (κ2) is 29.2. The molecule has 0 saturated heterocycles. The Morgan fingerprint density at radius 1 is 0.692 bits per heavy atom. The van der Waals surface area contributed by atoms with E-state index in [9.17, 15) is 0 Å². The van der Waals surface area contributed by atoms with Crippen molar-refractivity contribution in [2.45, 2.75) is 61.8 Å². The van der Waals surface area contributed by atoms with Gasteiger partial charge in [0.15, 0.2) is 0 Å². The van der Waals surface area contributed by atoms with Crippen molar-refractivity contribution in [3.63, 3.8) is 0 Å². The molecule has 0 aliphatic rings. The minimum Gasteiger partial charge on any atom is -0.197 e. The highest BCUT2D eigenvalue weighted by atomic mass is 32.1. The van der Waals surface area contributed by atoms with Gasteiger partial charge in [0.25, 0.3) is 0 Å². The zero-order valence-corrected chi connectivity index (χ0v) is 13.7. The molecular weight excluding hydrogens is 216 g/mol. The molecule has 0 bridgehead atoms. The van der Waals surface area contributed by atoms with Crippen LogP contribution in [0.25, 0.3) is 0 Å². The smallest absolute Gasteiger partial charge is 0.0385 e. The average molecular weight is 249 g/mol. The molecule has 0 atom stereocenters. The van der Waals surface area contributed by atoms with Crippen LogP contribution in [0.1, 0.15) is 61.8 Å². The lowest BCUT2D eigenvalue weighted by Gasteiger charge is -2.12. The van der Waals surface area contributed by atoms with Crippen LogP contribution in [-0.4, -0.2) is 0 Å². The molecule has 0 aliphatic carbocycles. The lowest BCUT2D eigenvalue weighted by atomic mass is 9.94. The van der Waals surface area contributed by atoms with Crippen LogP contribution in [0.5, 0.6) is 0 Å². The molecule has 13 heavy (non-hydrogen) atoms. The summed E-state index contributed by atoms with van der Waals surface area (Å²) in [7, 11) is 0. The number of rotatable bonds is 0. The molecule has 0 unspecified atom stereocenters. The number of hydrogen-bond donors (Lipinski definition) is 0. The predicted octanol–water partition coefficient (Wildman–Crippen LogP) is 4.83. The molecule has 0 aromatic heterocycles. The van der Waals surface area contributed by atoms with E-state index in [-0.39, 0.29) is 40.5 Å². The summed E-state index contributed by atoms with van der Waals surface area (Å²) in [5.74, 6) is 0. The molecular formula is C10H32S3. The Bertz CT molecular complexity index is 39.9. The normalized spacial score (nSPS) is 6.46. The fourth-order valence-corrected chi connectivity index (χ4v) is 0. The predicted molar refractivity (Wildman–Crippen MR) is 83.6 cm³/mol. The monoisotopic (exact) mass is 248 g/mol. The maximum atomic E-state index is 2.24.